The van der Waals surface area contributed by atoms with Gasteiger partial charge in [-0.05, 0) is 34.7 Å². The molecule has 28 heavy (non-hydrogen) atoms. The average molecular weight is 369 g/mol. The normalized spacial score (nSPS) is 10.8. The van der Waals surface area contributed by atoms with Crippen molar-refractivity contribution in [1.82, 2.24) is 4.57 Å². The third-order valence-electron chi connectivity index (χ3n) is 4.95. The standard InChI is InChI=1S/C24H19NO3/c1-25-22(17-12-14-18(15-13-17)24(27)28-2)21(16-8-4-3-5-9-16)19-10-6-7-11-20(19)23(25)26/h3-15H,1-2H3. The molecule has 3 aromatic carbocycles. The van der Waals surface area contributed by atoms with Crippen LogP contribution in [0.25, 0.3) is 33.2 Å². The number of methoxy groups -OCH3 is 1. The van der Waals surface area contributed by atoms with Crippen LogP contribution in [-0.2, 0) is 11.8 Å². The molecule has 0 N–H and O–H groups in total. The van der Waals surface area contributed by atoms with Crippen molar-refractivity contribution in [3.8, 4) is 22.4 Å². The number of nitrogens with zero attached hydrogens (tertiary/aromatic N) is 1. The van der Waals surface area contributed by atoms with E-state index in [1.54, 1.807) is 23.7 Å². The Morgan fingerprint density at radius 3 is 2.04 bits per heavy atom. The zero-order chi connectivity index (χ0) is 19.7. The van der Waals surface area contributed by atoms with Gasteiger partial charge in [0.05, 0.1) is 18.4 Å². The Morgan fingerprint density at radius 1 is 0.786 bits per heavy atom. The molecule has 0 radical (unpaired) electrons. The third-order valence-corrected chi connectivity index (χ3v) is 4.95. The smallest absolute Gasteiger partial charge is 0.337 e. The molecular weight excluding hydrogens is 350 g/mol. The molecule has 0 bridgehead atoms. The molecule has 4 rings (SSSR count). The van der Waals surface area contributed by atoms with E-state index in [-0.39, 0.29) is 11.5 Å². The van der Waals surface area contributed by atoms with E-state index < -0.39 is 0 Å². The summed E-state index contributed by atoms with van der Waals surface area (Å²) in [5, 5.41) is 1.59. The summed E-state index contributed by atoms with van der Waals surface area (Å²) < 4.78 is 6.46. The van der Waals surface area contributed by atoms with Crippen LogP contribution >= 0.6 is 0 Å². The number of aromatic nitrogens is 1. The fraction of sp³-hybridized carbons (Fsp3) is 0.0833. The van der Waals surface area contributed by atoms with Gasteiger partial charge in [0.25, 0.3) is 5.56 Å². The van der Waals surface area contributed by atoms with Crippen LogP contribution in [0, 0.1) is 0 Å². The highest BCUT2D eigenvalue weighted by atomic mass is 16.5. The first-order chi connectivity index (χ1) is 13.6. The maximum absolute atomic E-state index is 13.0. The number of fused-ring (bicyclic) bond motifs is 1. The molecule has 0 amide bonds. The number of benzene rings is 3. The molecule has 0 aliphatic rings. The lowest BCUT2D eigenvalue weighted by atomic mass is 9.93. The van der Waals surface area contributed by atoms with E-state index >= 15 is 0 Å². The highest BCUT2D eigenvalue weighted by Crippen LogP contribution is 2.36. The molecule has 0 aliphatic carbocycles. The van der Waals surface area contributed by atoms with Crippen molar-refractivity contribution in [1.29, 1.82) is 0 Å². The van der Waals surface area contributed by atoms with Gasteiger partial charge in [-0.15, -0.1) is 0 Å². The Kier molecular flexibility index (Phi) is 4.53. The van der Waals surface area contributed by atoms with E-state index in [0.717, 1.165) is 27.8 Å². The minimum atomic E-state index is -0.387. The van der Waals surface area contributed by atoms with E-state index in [9.17, 15) is 9.59 Å². The number of hydrogen-bond donors (Lipinski definition) is 0. The fourth-order valence-electron chi connectivity index (χ4n) is 3.58. The first-order valence-corrected chi connectivity index (χ1v) is 8.97. The second kappa shape index (κ2) is 7.16. The van der Waals surface area contributed by atoms with Crippen LogP contribution in [-0.4, -0.2) is 17.6 Å². The number of carbonyl (C=O) groups is 1. The highest BCUT2D eigenvalue weighted by Gasteiger charge is 2.18. The summed E-state index contributed by atoms with van der Waals surface area (Å²) in [6.07, 6.45) is 0. The quantitative estimate of drug-likeness (QED) is 0.494. The number of hydrogen-bond acceptors (Lipinski definition) is 3. The first kappa shape index (κ1) is 17.7. The van der Waals surface area contributed by atoms with Gasteiger partial charge in [0.2, 0.25) is 0 Å². The van der Waals surface area contributed by atoms with Crippen molar-refractivity contribution < 1.29 is 9.53 Å². The Morgan fingerprint density at radius 2 is 1.39 bits per heavy atom. The maximum Gasteiger partial charge on any atom is 0.337 e. The van der Waals surface area contributed by atoms with Gasteiger partial charge in [-0.3, -0.25) is 4.79 Å². The van der Waals surface area contributed by atoms with Gasteiger partial charge >= 0.3 is 5.97 Å². The van der Waals surface area contributed by atoms with Crippen LogP contribution in [0.5, 0.6) is 0 Å². The second-order valence-corrected chi connectivity index (χ2v) is 6.57. The van der Waals surface area contributed by atoms with E-state index in [4.69, 9.17) is 4.74 Å². The molecule has 1 aromatic heterocycles. The predicted octanol–water partition coefficient (Wildman–Crippen LogP) is 4.66. The van der Waals surface area contributed by atoms with Crippen LogP contribution in [0.4, 0.5) is 0 Å². The summed E-state index contributed by atoms with van der Waals surface area (Å²) in [5.41, 5.74) is 4.11. The van der Waals surface area contributed by atoms with E-state index in [0.29, 0.717) is 10.9 Å². The SMILES string of the molecule is COC(=O)c1ccc(-c2c(-c3ccccc3)c3ccccc3c(=O)n2C)cc1. The van der Waals surface area contributed by atoms with Crippen molar-refractivity contribution >= 4 is 16.7 Å². The second-order valence-electron chi connectivity index (χ2n) is 6.57. The first-order valence-electron chi connectivity index (χ1n) is 8.97. The van der Waals surface area contributed by atoms with E-state index in [2.05, 4.69) is 0 Å². The number of rotatable bonds is 3. The summed E-state index contributed by atoms with van der Waals surface area (Å²) in [4.78, 5) is 24.8. The molecule has 0 atom stereocenters. The van der Waals surface area contributed by atoms with Crippen LogP contribution in [0.15, 0.2) is 83.7 Å². The van der Waals surface area contributed by atoms with Crippen LogP contribution < -0.4 is 5.56 Å². The largest absolute Gasteiger partial charge is 0.465 e. The summed E-state index contributed by atoms with van der Waals surface area (Å²) >= 11 is 0. The topological polar surface area (TPSA) is 48.3 Å². The van der Waals surface area contributed by atoms with Gasteiger partial charge in [-0.2, -0.15) is 0 Å². The molecule has 4 nitrogen and oxygen atoms in total. The van der Waals surface area contributed by atoms with Gasteiger partial charge < -0.3 is 9.30 Å². The average Bonchev–Trinajstić information content (AvgIpc) is 2.76. The van der Waals surface area contributed by atoms with Gasteiger partial charge in [0.1, 0.15) is 0 Å². The predicted molar refractivity (Wildman–Crippen MR) is 111 cm³/mol. The van der Waals surface area contributed by atoms with Gasteiger partial charge in [0.15, 0.2) is 0 Å². The van der Waals surface area contributed by atoms with E-state index in [1.807, 2.05) is 66.7 Å². The summed E-state index contributed by atoms with van der Waals surface area (Å²) in [7, 11) is 3.14. The van der Waals surface area contributed by atoms with Crippen LogP contribution in [0.3, 0.4) is 0 Å². The number of esters is 1. The van der Waals surface area contributed by atoms with Crippen LogP contribution in [0.1, 0.15) is 10.4 Å². The Bertz CT molecular complexity index is 1220. The summed E-state index contributed by atoms with van der Waals surface area (Å²) in [6, 6.07) is 24.8. The lowest BCUT2D eigenvalue weighted by Gasteiger charge is -2.18. The summed E-state index contributed by atoms with van der Waals surface area (Å²) in [5.74, 6) is -0.387. The molecular formula is C24H19NO3. The molecule has 0 saturated heterocycles. The number of carbonyl (C=O) groups excluding carboxylic acids is 1. The van der Waals surface area contributed by atoms with Crippen LogP contribution in [0.2, 0.25) is 0 Å². The maximum atomic E-state index is 13.0. The Labute approximate surface area is 162 Å². The van der Waals surface area contributed by atoms with Crippen molar-refractivity contribution in [3.63, 3.8) is 0 Å². The zero-order valence-electron chi connectivity index (χ0n) is 15.7. The molecule has 0 aliphatic heterocycles. The van der Waals surface area contributed by atoms with Gasteiger partial charge in [-0.1, -0.05) is 60.7 Å². The van der Waals surface area contributed by atoms with Gasteiger partial charge in [-0.25, -0.2) is 4.79 Å². The monoisotopic (exact) mass is 369 g/mol. The molecule has 1 heterocycles. The molecule has 4 heteroatoms. The molecule has 138 valence electrons. The van der Waals surface area contributed by atoms with Crippen molar-refractivity contribution in [2.24, 2.45) is 7.05 Å². The van der Waals surface area contributed by atoms with Crippen molar-refractivity contribution in [2.75, 3.05) is 7.11 Å². The van der Waals surface area contributed by atoms with Crippen molar-refractivity contribution in [3.05, 3.63) is 94.8 Å². The minimum absolute atomic E-state index is 0.0534. The molecule has 0 unspecified atom stereocenters. The number of pyridine rings is 1. The molecule has 4 aromatic rings. The molecule has 0 spiro atoms. The zero-order valence-corrected chi connectivity index (χ0v) is 15.7. The minimum Gasteiger partial charge on any atom is -0.465 e. The number of ether oxygens (including phenoxy) is 1. The lowest BCUT2D eigenvalue weighted by Crippen LogP contribution is -2.20. The van der Waals surface area contributed by atoms with Gasteiger partial charge in [0, 0.05) is 18.0 Å². The summed E-state index contributed by atoms with van der Waals surface area (Å²) in [6.45, 7) is 0. The van der Waals surface area contributed by atoms with Crippen molar-refractivity contribution in [2.45, 2.75) is 0 Å². The fourth-order valence-corrected chi connectivity index (χ4v) is 3.58. The third kappa shape index (κ3) is 2.89. The Hall–Kier alpha value is -3.66. The Balaban J connectivity index is 2.07. The van der Waals surface area contributed by atoms with E-state index in [1.165, 1.54) is 7.11 Å². The highest BCUT2D eigenvalue weighted by molar-refractivity contribution is 6.02. The lowest BCUT2D eigenvalue weighted by molar-refractivity contribution is 0.0601. The molecule has 0 saturated carbocycles. The molecule has 0 fully saturated rings.